The highest BCUT2D eigenvalue weighted by molar-refractivity contribution is 9.10. The fourth-order valence-electron chi connectivity index (χ4n) is 3.11. The Labute approximate surface area is 133 Å². The monoisotopic (exact) mass is 351 g/mol. The first kappa shape index (κ1) is 11.8. The van der Waals surface area contributed by atoms with E-state index in [-0.39, 0.29) is 0 Å². The number of aromatic amines is 1. The van der Waals surface area contributed by atoms with E-state index >= 15 is 0 Å². The largest absolute Gasteiger partial charge is 0.354 e. The third-order valence-corrected chi connectivity index (χ3v) is 5.87. The zero-order chi connectivity index (χ0) is 14.0. The predicted molar refractivity (Wildman–Crippen MR) is 96.4 cm³/mol. The summed E-state index contributed by atoms with van der Waals surface area (Å²) in [7, 11) is 0. The summed E-state index contributed by atoms with van der Waals surface area (Å²) in [5.41, 5.74) is 2.38. The van der Waals surface area contributed by atoms with Crippen LogP contribution >= 0.6 is 27.3 Å². The highest BCUT2D eigenvalue weighted by Gasteiger charge is 2.11. The van der Waals surface area contributed by atoms with Crippen molar-refractivity contribution >= 4 is 69.2 Å². The van der Waals surface area contributed by atoms with Crippen molar-refractivity contribution in [3.63, 3.8) is 0 Å². The van der Waals surface area contributed by atoms with Gasteiger partial charge in [-0.3, -0.25) is 0 Å². The minimum Gasteiger partial charge on any atom is -0.354 e. The summed E-state index contributed by atoms with van der Waals surface area (Å²) in [6, 6.07) is 19.6. The predicted octanol–water partition coefficient (Wildman–Crippen LogP) is 6.45. The van der Waals surface area contributed by atoms with Crippen molar-refractivity contribution in [1.82, 2.24) is 4.98 Å². The molecule has 21 heavy (non-hydrogen) atoms. The second-order valence-corrected chi connectivity index (χ2v) is 7.22. The number of fused-ring (bicyclic) bond motifs is 6. The molecule has 100 valence electrons. The van der Waals surface area contributed by atoms with Crippen LogP contribution in [0.4, 0.5) is 0 Å². The van der Waals surface area contributed by atoms with Crippen LogP contribution in [0.1, 0.15) is 0 Å². The number of para-hydroxylation sites is 1. The summed E-state index contributed by atoms with van der Waals surface area (Å²) in [5.74, 6) is 0. The molecule has 3 aromatic carbocycles. The van der Waals surface area contributed by atoms with E-state index in [9.17, 15) is 0 Å². The fourth-order valence-corrected chi connectivity index (χ4v) is 4.70. The Morgan fingerprint density at radius 3 is 2.57 bits per heavy atom. The molecule has 0 radical (unpaired) electrons. The molecule has 3 heteroatoms. The van der Waals surface area contributed by atoms with Gasteiger partial charge in [0, 0.05) is 40.9 Å². The number of hydrogen-bond donors (Lipinski definition) is 1. The van der Waals surface area contributed by atoms with Gasteiger partial charge >= 0.3 is 0 Å². The van der Waals surface area contributed by atoms with E-state index in [4.69, 9.17) is 0 Å². The van der Waals surface area contributed by atoms with Crippen LogP contribution in [0, 0.1) is 0 Å². The first-order valence-corrected chi connectivity index (χ1v) is 8.43. The molecular formula is C18H10BrNS. The van der Waals surface area contributed by atoms with Crippen LogP contribution in [-0.2, 0) is 0 Å². The maximum absolute atomic E-state index is 3.63. The van der Waals surface area contributed by atoms with Crippen LogP contribution in [0.15, 0.2) is 59.1 Å². The molecule has 0 atom stereocenters. The van der Waals surface area contributed by atoms with Crippen LogP contribution < -0.4 is 0 Å². The van der Waals surface area contributed by atoms with Gasteiger partial charge in [0.15, 0.2) is 0 Å². The lowest BCUT2D eigenvalue weighted by Gasteiger charge is -1.94. The molecule has 0 amide bonds. The van der Waals surface area contributed by atoms with Crippen molar-refractivity contribution in [2.24, 2.45) is 0 Å². The maximum atomic E-state index is 3.63. The standard InChI is InChI=1S/C18H10BrNS/c19-14-6-3-5-11-12-9-17-13(8-15(12)20-18(11)14)10-4-1-2-7-16(10)21-17/h1-9,20H. The SMILES string of the molecule is Brc1cccc2c1[nH]c1cc3c(cc12)sc1ccccc13. The van der Waals surface area contributed by atoms with Gasteiger partial charge < -0.3 is 4.98 Å². The Bertz CT molecular complexity index is 1150. The molecule has 0 aliphatic heterocycles. The number of halogens is 1. The number of thiophene rings is 1. The average molecular weight is 352 g/mol. The highest BCUT2D eigenvalue weighted by Crippen LogP contribution is 2.39. The Morgan fingerprint density at radius 2 is 1.62 bits per heavy atom. The Balaban J connectivity index is 2.03. The third-order valence-electron chi connectivity index (χ3n) is 4.08. The van der Waals surface area contributed by atoms with Crippen molar-refractivity contribution in [2.45, 2.75) is 0 Å². The van der Waals surface area contributed by atoms with E-state index in [1.165, 1.54) is 42.0 Å². The number of rotatable bonds is 0. The van der Waals surface area contributed by atoms with Gasteiger partial charge in [-0.05, 0) is 40.2 Å². The van der Waals surface area contributed by atoms with Gasteiger partial charge in [0.2, 0.25) is 0 Å². The maximum Gasteiger partial charge on any atom is 0.0609 e. The molecule has 0 bridgehead atoms. The van der Waals surface area contributed by atoms with Crippen molar-refractivity contribution in [3.8, 4) is 0 Å². The van der Waals surface area contributed by atoms with Gasteiger partial charge in [0.1, 0.15) is 0 Å². The van der Waals surface area contributed by atoms with E-state index in [1.54, 1.807) is 0 Å². The smallest absolute Gasteiger partial charge is 0.0609 e. The van der Waals surface area contributed by atoms with Gasteiger partial charge in [-0.25, -0.2) is 0 Å². The molecule has 0 aliphatic rings. The second kappa shape index (κ2) is 4.09. The topological polar surface area (TPSA) is 15.8 Å². The normalized spacial score (nSPS) is 12.0. The zero-order valence-electron chi connectivity index (χ0n) is 11.0. The molecule has 0 fully saturated rings. The first-order valence-electron chi connectivity index (χ1n) is 6.82. The van der Waals surface area contributed by atoms with E-state index in [2.05, 4.69) is 75.5 Å². The van der Waals surface area contributed by atoms with Gasteiger partial charge in [0.05, 0.1) is 5.52 Å². The molecule has 1 nitrogen and oxygen atoms in total. The number of nitrogens with one attached hydrogen (secondary N) is 1. The highest BCUT2D eigenvalue weighted by atomic mass is 79.9. The fraction of sp³-hybridized carbons (Fsp3) is 0. The lowest BCUT2D eigenvalue weighted by atomic mass is 10.1. The third kappa shape index (κ3) is 1.56. The minimum absolute atomic E-state index is 1.12. The molecule has 0 unspecified atom stereocenters. The zero-order valence-corrected chi connectivity index (χ0v) is 13.4. The van der Waals surface area contributed by atoms with Crippen LogP contribution in [0.3, 0.4) is 0 Å². The summed E-state index contributed by atoms with van der Waals surface area (Å²) in [4.78, 5) is 3.55. The van der Waals surface area contributed by atoms with E-state index in [0.717, 1.165) is 4.47 Å². The molecule has 0 saturated carbocycles. The van der Waals surface area contributed by atoms with Gasteiger partial charge in [-0.15, -0.1) is 11.3 Å². The first-order chi connectivity index (χ1) is 10.3. The minimum atomic E-state index is 1.12. The van der Waals surface area contributed by atoms with E-state index in [0.29, 0.717) is 0 Å². The number of benzene rings is 3. The van der Waals surface area contributed by atoms with Crippen LogP contribution in [0.2, 0.25) is 0 Å². The Kier molecular flexibility index (Phi) is 2.29. The van der Waals surface area contributed by atoms with Crippen molar-refractivity contribution in [1.29, 1.82) is 0 Å². The van der Waals surface area contributed by atoms with Crippen LogP contribution in [0.25, 0.3) is 42.0 Å². The molecule has 0 aliphatic carbocycles. The lowest BCUT2D eigenvalue weighted by Crippen LogP contribution is -1.69. The molecule has 2 aromatic heterocycles. The summed E-state index contributed by atoms with van der Waals surface area (Å²) in [6.45, 7) is 0. The average Bonchev–Trinajstić information content (AvgIpc) is 3.04. The van der Waals surface area contributed by atoms with Crippen molar-refractivity contribution in [2.75, 3.05) is 0 Å². The summed E-state index contributed by atoms with van der Waals surface area (Å²) < 4.78 is 3.82. The molecule has 5 aromatic rings. The Hall–Kier alpha value is -1.84. The molecule has 5 rings (SSSR count). The second-order valence-electron chi connectivity index (χ2n) is 5.28. The van der Waals surface area contributed by atoms with Gasteiger partial charge in [0.25, 0.3) is 0 Å². The number of H-pyrrole nitrogens is 1. The van der Waals surface area contributed by atoms with Gasteiger partial charge in [-0.1, -0.05) is 30.3 Å². The van der Waals surface area contributed by atoms with Crippen molar-refractivity contribution < 1.29 is 0 Å². The van der Waals surface area contributed by atoms with E-state index < -0.39 is 0 Å². The molecule has 2 heterocycles. The van der Waals surface area contributed by atoms with Crippen LogP contribution in [-0.4, -0.2) is 4.98 Å². The quantitative estimate of drug-likeness (QED) is 0.330. The number of hydrogen-bond acceptors (Lipinski definition) is 1. The summed E-state index contributed by atoms with van der Waals surface area (Å²) in [6.07, 6.45) is 0. The van der Waals surface area contributed by atoms with Gasteiger partial charge in [-0.2, -0.15) is 0 Å². The summed E-state index contributed by atoms with van der Waals surface area (Å²) >= 11 is 5.50. The molecular weight excluding hydrogens is 342 g/mol. The summed E-state index contributed by atoms with van der Waals surface area (Å²) in [5, 5.41) is 5.26. The van der Waals surface area contributed by atoms with E-state index in [1.807, 2.05) is 11.3 Å². The Morgan fingerprint density at radius 1 is 0.762 bits per heavy atom. The molecule has 0 saturated heterocycles. The number of aromatic nitrogens is 1. The molecule has 0 spiro atoms. The molecule has 1 N–H and O–H groups in total. The lowest BCUT2D eigenvalue weighted by molar-refractivity contribution is 1.54. The van der Waals surface area contributed by atoms with Crippen LogP contribution in [0.5, 0.6) is 0 Å². The van der Waals surface area contributed by atoms with Crippen molar-refractivity contribution in [3.05, 3.63) is 59.1 Å².